The van der Waals surface area contributed by atoms with Gasteiger partial charge in [0.1, 0.15) is 0 Å². The number of hydrogen-bond acceptors (Lipinski definition) is 2. The van der Waals surface area contributed by atoms with Gasteiger partial charge in [-0.15, -0.1) is 0 Å². The highest BCUT2D eigenvalue weighted by molar-refractivity contribution is 5.94. The summed E-state index contributed by atoms with van der Waals surface area (Å²) in [5, 5.41) is 4.06. The first-order valence-corrected chi connectivity index (χ1v) is 6.92. The second-order valence-electron chi connectivity index (χ2n) is 4.98. The quantitative estimate of drug-likeness (QED) is 0.796. The zero-order valence-corrected chi connectivity index (χ0v) is 11.8. The van der Waals surface area contributed by atoms with Crippen molar-refractivity contribution in [1.82, 2.24) is 10.3 Å². The number of carbonyl (C=O) groups is 1. The van der Waals surface area contributed by atoms with Gasteiger partial charge in [0.05, 0.1) is 5.52 Å². The van der Waals surface area contributed by atoms with E-state index in [1.54, 1.807) is 6.20 Å². The van der Waals surface area contributed by atoms with Crippen molar-refractivity contribution in [2.24, 2.45) is 0 Å². The van der Waals surface area contributed by atoms with Gasteiger partial charge in [-0.1, -0.05) is 36.4 Å². The Hall–Kier alpha value is -2.68. The lowest BCUT2D eigenvalue weighted by atomic mass is 10.0. The summed E-state index contributed by atoms with van der Waals surface area (Å²) in [6.45, 7) is 2.52. The molecule has 1 aromatic heterocycles. The monoisotopic (exact) mass is 276 g/mol. The maximum Gasteiger partial charge on any atom is 0.251 e. The van der Waals surface area contributed by atoms with Crippen LogP contribution in [0.2, 0.25) is 0 Å². The van der Waals surface area contributed by atoms with Crippen molar-refractivity contribution in [3.8, 4) is 0 Å². The standard InChI is InChI=1S/C18H16N2O/c1-13-9-10-14-8-5-11-19-17(14)16(13)12-20-18(21)15-6-3-2-4-7-15/h2-11H,12H2,1H3,(H,20,21). The molecule has 0 radical (unpaired) electrons. The molecule has 0 saturated heterocycles. The van der Waals surface area contributed by atoms with Crippen LogP contribution in [0, 0.1) is 6.92 Å². The summed E-state index contributed by atoms with van der Waals surface area (Å²) >= 11 is 0. The van der Waals surface area contributed by atoms with Gasteiger partial charge in [-0.25, -0.2) is 0 Å². The topological polar surface area (TPSA) is 42.0 Å². The Balaban J connectivity index is 1.86. The van der Waals surface area contributed by atoms with Crippen LogP contribution in [0.3, 0.4) is 0 Å². The molecule has 3 aromatic rings. The van der Waals surface area contributed by atoms with E-state index >= 15 is 0 Å². The van der Waals surface area contributed by atoms with Crippen LogP contribution in [0.5, 0.6) is 0 Å². The van der Waals surface area contributed by atoms with Crippen molar-refractivity contribution in [3.63, 3.8) is 0 Å². The zero-order valence-electron chi connectivity index (χ0n) is 11.8. The van der Waals surface area contributed by atoms with Crippen molar-refractivity contribution in [3.05, 3.63) is 77.5 Å². The molecule has 0 aliphatic heterocycles. The van der Waals surface area contributed by atoms with Gasteiger partial charge in [0, 0.05) is 29.3 Å². The molecule has 0 spiro atoms. The molecule has 3 rings (SSSR count). The molecule has 1 heterocycles. The summed E-state index contributed by atoms with van der Waals surface area (Å²) in [5.74, 6) is -0.0667. The van der Waals surface area contributed by atoms with Crippen molar-refractivity contribution < 1.29 is 4.79 Å². The van der Waals surface area contributed by atoms with Gasteiger partial charge >= 0.3 is 0 Å². The average Bonchev–Trinajstić information content (AvgIpc) is 2.54. The Morgan fingerprint density at radius 3 is 2.67 bits per heavy atom. The number of amides is 1. The number of carbonyl (C=O) groups excluding carboxylic acids is 1. The number of nitrogens with one attached hydrogen (secondary N) is 1. The van der Waals surface area contributed by atoms with Gasteiger partial charge in [0.2, 0.25) is 0 Å². The van der Waals surface area contributed by atoms with Crippen LogP contribution < -0.4 is 5.32 Å². The molecule has 0 aliphatic rings. The Morgan fingerprint density at radius 2 is 1.86 bits per heavy atom. The molecule has 21 heavy (non-hydrogen) atoms. The summed E-state index contributed by atoms with van der Waals surface area (Å²) < 4.78 is 0. The molecule has 0 fully saturated rings. The minimum absolute atomic E-state index is 0.0667. The molecule has 0 atom stereocenters. The van der Waals surface area contributed by atoms with Gasteiger partial charge in [-0.05, 0) is 30.7 Å². The van der Waals surface area contributed by atoms with Crippen LogP contribution in [0.25, 0.3) is 10.9 Å². The Labute approximate surface area is 123 Å². The van der Waals surface area contributed by atoms with Crippen molar-refractivity contribution in [1.29, 1.82) is 0 Å². The molecule has 0 unspecified atom stereocenters. The van der Waals surface area contributed by atoms with E-state index in [0.717, 1.165) is 22.0 Å². The third kappa shape index (κ3) is 2.77. The van der Waals surface area contributed by atoms with E-state index < -0.39 is 0 Å². The van der Waals surface area contributed by atoms with Crippen LogP contribution >= 0.6 is 0 Å². The van der Waals surface area contributed by atoms with Gasteiger partial charge in [0.15, 0.2) is 0 Å². The van der Waals surface area contributed by atoms with Gasteiger partial charge in [-0.3, -0.25) is 9.78 Å². The van der Waals surface area contributed by atoms with Crippen LogP contribution in [-0.4, -0.2) is 10.9 Å². The summed E-state index contributed by atoms with van der Waals surface area (Å²) in [5.41, 5.74) is 3.82. The van der Waals surface area contributed by atoms with Crippen LogP contribution in [0.15, 0.2) is 60.8 Å². The van der Waals surface area contributed by atoms with E-state index in [0.29, 0.717) is 12.1 Å². The van der Waals surface area contributed by atoms with Crippen LogP contribution in [-0.2, 0) is 6.54 Å². The lowest BCUT2D eigenvalue weighted by molar-refractivity contribution is 0.0951. The van der Waals surface area contributed by atoms with Gasteiger partial charge in [0.25, 0.3) is 5.91 Å². The number of nitrogens with zero attached hydrogens (tertiary/aromatic N) is 1. The molecule has 3 nitrogen and oxygen atoms in total. The molecule has 1 N–H and O–H groups in total. The Bertz CT molecular complexity index is 782. The molecule has 104 valence electrons. The largest absolute Gasteiger partial charge is 0.348 e. The second kappa shape index (κ2) is 5.75. The van der Waals surface area contributed by atoms with E-state index in [2.05, 4.69) is 22.4 Å². The summed E-state index contributed by atoms with van der Waals surface area (Å²) in [6.07, 6.45) is 1.78. The molecule has 2 aromatic carbocycles. The minimum Gasteiger partial charge on any atom is -0.348 e. The van der Waals surface area contributed by atoms with E-state index in [1.165, 1.54) is 0 Å². The third-order valence-electron chi connectivity index (χ3n) is 3.58. The molecular weight excluding hydrogens is 260 g/mol. The normalized spacial score (nSPS) is 10.5. The second-order valence-corrected chi connectivity index (χ2v) is 4.98. The van der Waals surface area contributed by atoms with Gasteiger partial charge < -0.3 is 5.32 Å². The van der Waals surface area contributed by atoms with Crippen molar-refractivity contribution in [2.45, 2.75) is 13.5 Å². The maximum atomic E-state index is 12.1. The lowest BCUT2D eigenvalue weighted by Crippen LogP contribution is -2.23. The predicted octanol–water partition coefficient (Wildman–Crippen LogP) is 3.47. The maximum absolute atomic E-state index is 12.1. The van der Waals surface area contributed by atoms with Crippen molar-refractivity contribution >= 4 is 16.8 Å². The van der Waals surface area contributed by atoms with E-state index in [-0.39, 0.29) is 5.91 Å². The smallest absolute Gasteiger partial charge is 0.251 e. The number of fused-ring (bicyclic) bond motifs is 1. The first-order valence-electron chi connectivity index (χ1n) is 6.92. The molecule has 0 aliphatic carbocycles. The minimum atomic E-state index is -0.0667. The highest BCUT2D eigenvalue weighted by Gasteiger charge is 2.09. The average molecular weight is 276 g/mol. The lowest BCUT2D eigenvalue weighted by Gasteiger charge is -2.11. The van der Waals surface area contributed by atoms with E-state index in [9.17, 15) is 4.79 Å². The van der Waals surface area contributed by atoms with E-state index in [1.807, 2.05) is 49.4 Å². The van der Waals surface area contributed by atoms with Crippen molar-refractivity contribution in [2.75, 3.05) is 0 Å². The highest BCUT2D eigenvalue weighted by atomic mass is 16.1. The number of rotatable bonds is 3. The number of aryl methyl sites for hydroxylation is 1. The molecule has 1 amide bonds. The first-order chi connectivity index (χ1) is 10.3. The Kier molecular flexibility index (Phi) is 3.65. The zero-order chi connectivity index (χ0) is 14.7. The molecular formula is C18H16N2O. The van der Waals surface area contributed by atoms with Crippen LogP contribution in [0.1, 0.15) is 21.5 Å². The van der Waals surface area contributed by atoms with Crippen LogP contribution in [0.4, 0.5) is 0 Å². The fraction of sp³-hybridized carbons (Fsp3) is 0.111. The number of hydrogen-bond donors (Lipinski definition) is 1. The number of benzene rings is 2. The third-order valence-corrected chi connectivity index (χ3v) is 3.58. The summed E-state index contributed by atoms with van der Waals surface area (Å²) in [7, 11) is 0. The first kappa shape index (κ1) is 13.3. The number of aromatic nitrogens is 1. The summed E-state index contributed by atoms with van der Waals surface area (Å²) in [6, 6.07) is 17.3. The number of pyridine rings is 1. The summed E-state index contributed by atoms with van der Waals surface area (Å²) in [4.78, 5) is 16.6. The Morgan fingerprint density at radius 1 is 1.05 bits per heavy atom. The fourth-order valence-corrected chi connectivity index (χ4v) is 2.39. The molecule has 0 bridgehead atoms. The van der Waals surface area contributed by atoms with Gasteiger partial charge in [-0.2, -0.15) is 0 Å². The van der Waals surface area contributed by atoms with E-state index in [4.69, 9.17) is 0 Å². The molecule has 3 heteroatoms. The highest BCUT2D eigenvalue weighted by Crippen LogP contribution is 2.19. The SMILES string of the molecule is Cc1ccc2cccnc2c1CNC(=O)c1ccccc1. The fourth-order valence-electron chi connectivity index (χ4n) is 2.39. The molecule has 0 saturated carbocycles. The predicted molar refractivity (Wildman–Crippen MR) is 84.1 cm³/mol.